The molecule has 0 aromatic heterocycles. The summed E-state index contributed by atoms with van der Waals surface area (Å²) < 4.78 is 10.5. The van der Waals surface area contributed by atoms with Gasteiger partial charge >= 0.3 is 0 Å². The lowest BCUT2D eigenvalue weighted by atomic mass is 10.2. The third-order valence-corrected chi connectivity index (χ3v) is 2.92. The van der Waals surface area contributed by atoms with Crippen molar-refractivity contribution in [2.24, 2.45) is 5.73 Å². The van der Waals surface area contributed by atoms with Crippen molar-refractivity contribution in [3.05, 3.63) is 35.4 Å². The second kappa shape index (κ2) is 8.71. The SMILES string of the molecule is CCC=C(C)C(=O)NCc1ccc(OCC(N)=O)c(OC)c1. The zero-order valence-corrected chi connectivity index (χ0v) is 13.1. The Labute approximate surface area is 130 Å². The van der Waals surface area contributed by atoms with Crippen molar-refractivity contribution in [1.82, 2.24) is 5.32 Å². The summed E-state index contributed by atoms with van der Waals surface area (Å²) in [4.78, 5) is 22.6. The van der Waals surface area contributed by atoms with Crippen LogP contribution in [0.4, 0.5) is 0 Å². The molecule has 2 amide bonds. The maximum absolute atomic E-state index is 11.8. The molecule has 0 aliphatic heterocycles. The number of hydrogen-bond acceptors (Lipinski definition) is 4. The predicted molar refractivity (Wildman–Crippen MR) is 83.6 cm³/mol. The predicted octanol–water partition coefficient (Wildman–Crippen LogP) is 1.53. The average molecular weight is 306 g/mol. The molecule has 0 radical (unpaired) electrons. The molecule has 0 aliphatic rings. The van der Waals surface area contributed by atoms with Gasteiger partial charge in [-0.3, -0.25) is 9.59 Å². The second-order valence-electron chi connectivity index (χ2n) is 4.72. The van der Waals surface area contributed by atoms with Crippen LogP contribution in [0.25, 0.3) is 0 Å². The number of allylic oxidation sites excluding steroid dienone is 1. The van der Waals surface area contributed by atoms with E-state index in [1.807, 2.05) is 13.0 Å². The normalized spacial score (nSPS) is 11.0. The van der Waals surface area contributed by atoms with Gasteiger partial charge in [0.25, 0.3) is 5.91 Å². The van der Waals surface area contributed by atoms with E-state index in [-0.39, 0.29) is 12.5 Å². The van der Waals surface area contributed by atoms with Crippen LogP contribution in [0.15, 0.2) is 29.8 Å². The van der Waals surface area contributed by atoms with E-state index in [4.69, 9.17) is 15.2 Å². The molecule has 0 unspecified atom stereocenters. The number of nitrogens with one attached hydrogen (secondary N) is 1. The van der Waals surface area contributed by atoms with E-state index in [9.17, 15) is 9.59 Å². The molecule has 3 N–H and O–H groups in total. The fraction of sp³-hybridized carbons (Fsp3) is 0.375. The highest BCUT2D eigenvalue weighted by molar-refractivity contribution is 5.92. The van der Waals surface area contributed by atoms with Gasteiger partial charge in [-0.25, -0.2) is 0 Å². The largest absolute Gasteiger partial charge is 0.493 e. The van der Waals surface area contributed by atoms with E-state index in [1.54, 1.807) is 25.1 Å². The first-order valence-electron chi connectivity index (χ1n) is 7.00. The molecule has 1 aromatic carbocycles. The zero-order valence-electron chi connectivity index (χ0n) is 13.1. The summed E-state index contributed by atoms with van der Waals surface area (Å²) in [6.07, 6.45) is 2.69. The van der Waals surface area contributed by atoms with Crippen molar-refractivity contribution in [3.63, 3.8) is 0 Å². The fourth-order valence-electron chi connectivity index (χ4n) is 1.81. The van der Waals surface area contributed by atoms with Gasteiger partial charge in [-0.1, -0.05) is 19.1 Å². The van der Waals surface area contributed by atoms with Crippen molar-refractivity contribution in [2.75, 3.05) is 13.7 Å². The fourth-order valence-corrected chi connectivity index (χ4v) is 1.81. The maximum Gasteiger partial charge on any atom is 0.255 e. The average Bonchev–Trinajstić information content (AvgIpc) is 2.50. The second-order valence-corrected chi connectivity index (χ2v) is 4.72. The Bertz CT molecular complexity index is 567. The van der Waals surface area contributed by atoms with Crippen molar-refractivity contribution in [2.45, 2.75) is 26.8 Å². The summed E-state index contributed by atoms with van der Waals surface area (Å²) in [5, 5.41) is 2.83. The lowest BCUT2D eigenvalue weighted by Crippen LogP contribution is -2.23. The molecule has 0 atom stereocenters. The molecule has 6 heteroatoms. The number of hydrogen-bond donors (Lipinski definition) is 2. The first-order valence-corrected chi connectivity index (χ1v) is 7.00. The highest BCUT2D eigenvalue weighted by Crippen LogP contribution is 2.27. The van der Waals surface area contributed by atoms with Crippen molar-refractivity contribution in [1.29, 1.82) is 0 Å². The molecule has 0 saturated carbocycles. The number of methoxy groups -OCH3 is 1. The van der Waals surface area contributed by atoms with Crippen LogP contribution in [0.2, 0.25) is 0 Å². The molecule has 0 spiro atoms. The van der Waals surface area contributed by atoms with Gasteiger partial charge in [0.1, 0.15) is 0 Å². The van der Waals surface area contributed by atoms with Gasteiger partial charge in [0.15, 0.2) is 18.1 Å². The monoisotopic (exact) mass is 306 g/mol. The summed E-state index contributed by atoms with van der Waals surface area (Å²) in [5.74, 6) is 0.249. The topological polar surface area (TPSA) is 90.6 Å². The van der Waals surface area contributed by atoms with Gasteiger partial charge in [0.05, 0.1) is 7.11 Å². The molecular formula is C16H22N2O4. The van der Waals surface area contributed by atoms with Gasteiger partial charge in [0.2, 0.25) is 5.91 Å². The first-order chi connectivity index (χ1) is 10.5. The van der Waals surface area contributed by atoms with E-state index >= 15 is 0 Å². The van der Waals surface area contributed by atoms with Gasteiger partial charge in [-0.05, 0) is 31.0 Å². The number of amides is 2. The van der Waals surface area contributed by atoms with Crippen molar-refractivity contribution < 1.29 is 19.1 Å². The van der Waals surface area contributed by atoms with E-state index in [0.717, 1.165) is 12.0 Å². The molecule has 120 valence electrons. The molecule has 1 rings (SSSR count). The van der Waals surface area contributed by atoms with Crippen LogP contribution < -0.4 is 20.5 Å². The lowest BCUT2D eigenvalue weighted by molar-refractivity contribution is -0.120. The maximum atomic E-state index is 11.8. The van der Waals surface area contributed by atoms with Crippen LogP contribution in [-0.4, -0.2) is 25.5 Å². The summed E-state index contributed by atoms with van der Waals surface area (Å²) >= 11 is 0. The smallest absolute Gasteiger partial charge is 0.255 e. The summed E-state index contributed by atoms with van der Waals surface area (Å²) in [6.45, 7) is 3.92. The third kappa shape index (κ3) is 5.47. The lowest BCUT2D eigenvalue weighted by Gasteiger charge is -2.12. The standard InChI is InChI=1S/C16H22N2O4/c1-4-5-11(2)16(20)18-9-12-6-7-13(14(8-12)21-3)22-10-15(17)19/h5-8H,4,9-10H2,1-3H3,(H2,17,19)(H,18,20). The quantitative estimate of drug-likeness (QED) is 0.713. The number of carbonyl (C=O) groups excluding carboxylic acids is 2. The van der Waals surface area contributed by atoms with E-state index in [2.05, 4.69) is 5.32 Å². The van der Waals surface area contributed by atoms with Crippen LogP contribution in [0.3, 0.4) is 0 Å². The third-order valence-electron chi connectivity index (χ3n) is 2.92. The van der Waals surface area contributed by atoms with E-state index in [0.29, 0.717) is 23.6 Å². The number of primary amides is 1. The van der Waals surface area contributed by atoms with Crippen molar-refractivity contribution in [3.8, 4) is 11.5 Å². The van der Waals surface area contributed by atoms with Crippen LogP contribution in [0, 0.1) is 0 Å². The van der Waals surface area contributed by atoms with E-state index in [1.165, 1.54) is 7.11 Å². The van der Waals surface area contributed by atoms with Gasteiger partial charge < -0.3 is 20.5 Å². The van der Waals surface area contributed by atoms with Crippen LogP contribution >= 0.6 is 0 Å². The molecule has 0 fully saturated rings. The Morgan fingerprint density at radius 1 is 1.32 bits per heavy atom. The molecule has 0 aliphatic carbocycles. The summed E-state index contributed by atoms with van der Waals surface area (Å²) in [6, 6.07) is 5.21. The highest BCUT2D eigenvalue weighted by atomic mass is 16.5. The number of nitrogens with two attached hydrogens (primary N) is 1. The number of ether oxygens (including phenoxy) is 2. The number of carbonyl (C=O) groups is 2. The highest BCUT2D eigenvalue weighted by Gasteiger charge is 2.08. The molecule has 22 heavy (non-hydrogen) atoms. The Kier molecular flexibility index (Phi) is 6.95. The minimum Gasteiger partial charge on any atom is -0.493 e. The summed E-state index contributed by atoms with van der Waals surface area (Å²) in [5.41, 5.74) is 6.59. The Hall–Kier alpha value is -2.50. The van der Waals surface area contributed by atoms with Gasteiger partial charge in [-0.2, -0.15) is 0 Å². The molecule has 0 saturated heterocycles. The zero-order chi connectivity index (χ0) is 16.5. The Morgan fingerprint density at radius 3 is 2.64 bits per heavy atom. The van der Waals surface area contributed by atoms with Crippen molar-refractivity contribution >= 4 is 11.8 Å². The van der Waals surface area contributed by atoms with Crippen LogP contribution in [-0.2, 0) is 16.1 Å². The minimum atomic E-state index is -0.559. The Morgan fingerprint density at radius 2 is 2.05 bits per heavy atom. The Balaban J connectivity index is 2.71. The molecule has 6 nitrogen and oxygen atoms in total. The molecular weight excluding hydrogens is 284 g/mol. The number of rotatable bonds is 8. The van der Waals surface area contributed by atoms with Crippen LogP contribution in [0.5, 0.6) is 11.5 Å². The van der Waals surface area contributed by atoms with Crippen LogP contribution in [0.1, 0.15) is 25.8 Å². The number of benzene rings is 1. The van der Waals surface area contributed by atoms with E-state index < -0.39 is 5.91 Å². The van der Waals surface area contributed by atoms with Gasteiger partial charge in [0, 0.05) is 12.1 Å². The van der Waals surface area contributed by atoms with Gasteiger partial charge in [-0.15, -0.1) is 0 Å². The summed E-state index contributed by atoms with van der Waals surface area (Å²) in [7, 11) is 1.50. The molecule has 1 aromatic rings. The first kappa shape index (κ1) is 17.6. The molecule has 0 heterocycles. The molecule has 0 bridgehead atoms. The minimum absolute atomic E-state index is 0.102.